The van der Waals surface area contributed by atoms with Crippen LogP contribution in [0.1, 0.15) is 25.0 Å². The average Bonchev–Trinajstić information content (AvgIpc) is 2.83. The topological polar surface area (TPSA) is 49.8 Å². The minimum atomic E-state index is -0.0170. The molecule has 3 rings (SSSR count). The first kappa shape index (κ1) is 16.6. The monoisotopic (exact) mass is 387 g/mol. The highest BCUT2D eigenvalue weighted by molar-refractivity contribution is 9.10. The van der Waals surface area contributed by atoms with Crippen LogP contribution in [0.25, 0.3) is 11.6 Å². The Bertz CT molecular complexity index is 829. The molecule has 0 aliphatic carbocycles. The van der Waals surface area contributed by atoms with Crippen LogP contribution in [0.15, 0.2) is 40.9 Å². The highest BCUT2D eigenvalue weighted by Crippen LogP contribution is 2.40. The predicted octanol–water partition coefficient (Wildman–Crippen LogP) is 4.46. The average molecular weight is 388 g/mol. The number of para-hydroxylation sites is 1. The molecule has 4 nitrogen and oxygen atoms in total. The molecule has 1 N–H and O–H groups in total. The van der Waals surface area contributed by atoms with Crippen molar-refractivity contribution in [3.63, 3.8) is 0 Å². The van der Waals surface area contributed by atoms with Crippen molar-refractivity contribution in [1.29, 1.82) is 0 Å². The van der Waals surface area contributed by atoms with E-state index in [1.807, 2.05) is 44.2 Å². The van der Waals surface area contributed by atoms with Crippen LogP contribution in [0.2, 0.25) is 0 Å². The Hall–Kier alpha value is -2.27. The predicted molar refractivity (Wildman–Crippen MR) is 99.3 cm³/mol. The molecule has 0 aromatic heterocycles. The molecule has 0 bridgehead atoms. The van der Waals surface area contributed by atoms with Crippen LogP contribution in [0.4, 0.5) is 5.69 Å². The van der Waals surface area contributed by atoms with E-state index in [0.717, 1.165) is 16.8 Å². The van der Waals surface area contributed by atoms with Crippen LogP contribution in [-0.2, 0) is 4.79 Å². The Morgan fingerprint density at radius 2 is 2.00 bits per heavy atom. The summed E-state index contributed by atoms with van der Waals surface area (Å²) >= 11 is 3.45. The van der Waals surface area contributed by atoms with Gasteiger partial charge in [0.1, 0.15) is 0 Å². The molecule has 5 heteroatoms. The maximum absolute atomic E-state index is 12.7. The van der Waals surface area contributed by atoms with Gasteiger partial charge in [-0.1, -0.05) is 34.1 Å². The number of nitrogens with zero attached hydrogens (tertiary/aromatic N) is 1. The number of aromatic hydroxyl groups is 1. The molecule has 0 saturated carbocycles. The van der Waals surface area contributed by atoms with E-state index in [1.54, 1.807) is 17.0 Å². The fourth-order valence-corrected chi connectivity index (χ4v) is 3.30. The van der Waals surface area contributed by atoms with Gasteiger partial charge in [0.05, 0.1) is 12.3 Å². The van der Waals surface area contributed by atoms with Crippen molar-refractivity contribution in [1.82, 2.24) is 0 Å². The molecule has 24 heavy (non-hydrogen) atoms. The third kappa shape index (κ3) is 2.80. The number of anilines is 1. The van der Waals surface area contributed by atoms with Crippen LogP contribution in [0, 0.1) is 0 Å². The van der Waals surface area contributed by atoms with Gasteiger partial charge in [-0.05, 0) is 43.7 Å². The minimum absolute atomic E-state index is 0.0170. The number of hydrogen-bond acceptors (Lipinski definition) is 3. The molecule has 0 saturated heterocycles. The van der Waals surface area contributed by atoms with E-state index < -0.39 is 0 Å². The van der Waals surface area contributed by atoms with Gasteiger partial charge in [-0.3, -0.25) is 4.79 Å². The van der Waals surface area contributed by atoms with Gasteiger partial charge in [-0.2, -0.15) is 0 Å². The number of rotatable bonds is 4. The van der Waals surface area contributed by atoms with E-state index >= 15 is 0 Å². The summed E-state index contributed by atoms with van der Waals surface area (Å²) < 4.78 is 6.14. The maximum Gasteiger partial charge on any atom is 0.258 e. The van der Waals surface area contributed by atoms with Gasteiger partial charge in [-0.25, -0.2) is 0 Å². The summed E-state index contributed by atoms with van der Waals surface area (Å²) in [6.07, 6.45) is 1.84. The Labute approximate surface area is 149 Å². The van der Waals surface area contributed by atoms with Gasteiger partial charge >= 0.3 is 0 Å². The van der Waals surface area contributed by atoms with Gasteiger partial charge in [0.15, 0.2) is 11.5 Å². The zero-order chi connectivity index (χ0) is 17.3. The molecule has 1 amide bonds. The standard InChI is InChI=1S/C19H18BrNO3/c1-3-21-16-8-6-5-7-13(16)14(19(21)23)9-12-10-18(24-4-2)17(22)11-15(12)20/h5-11,22H,3-4H2,1-2H3/b14-9-. The Morgan fingerprint density at radius 1 is 1.25 bits per heavy atom. The van der Waals surface area contributed by atoms with Crippen LogP contribution < -0.4 is 9.64 Å². The molecule has 124 valence electrons. The molecule has 1 heterocycles. The third-order valence-corrected chi connectivity index (χ3v) is 4.64. The number of ether oxygens (including phenoxy) is 1. The second-order valence-electron chi connectivity index (χ2n) is 5.40. The highest BCUT2D eigenvalue weighted by Gasteiger charge is 2.30. The number of fused-ring (bicyclic) bond motifs is 1. The lowest BCUT2D eigenvalue weighted by Crippen LogP contribution is -2.25. The van der Waals surface area contributed by atoms with Gasteiger partial charge < -0.3 is 14.7 Å². The fourth-order valence-electron chi connectivity index (χ4n) is 2.86. The molecular weight excluding hydrogens is 370 g/mol. The van der Waals surface area contributed by atoms with E-state index in [-0.39, 0.29) is 11.7 Å². The molecule has 0 radical (unpaired) electrons. The summed E-state index contributed by atoms with van der Waals surface area (Å²) in [4.78, 5) is 14.5. The number of phenols is 1. The van der Waals surface area contributed by atoms with Crippen molar-refractivity contribution >= 4 is 39.2 Å². The van der Waals surface area contributed by atoms with Crippen molar-refractivity contribution in [3.8, 4) is 11.5 Å². The first-order chi connectivity index (χ1) is 11.6. The summed E-state index contributed by atoms with van der Waals surface area (Å²) in [5.74, 6) is 0.453. The van der Waals surface area contributed by atoms with E-state index in [4.69, 9.17) is 4.74 Å². The minimum Gasteiger partial charge on any atom is -0.504 e. The molecule has 1 aliphatic rings. The quantitative estimate of drug-likeness (QED) is 0.787. The number of carbonyl (C=O) groups is 1. The first-order valence-electron chi connectivity index (χ1n) is 7.85. The third-order valence-electron chi connectivity index (χ3n) is 3.95. The van der Waals surface area contributed by atoms with E-state index in [1.165, 1.54) is 0 Å². The molecule has 0 spiro atoms. The summed E-state index contributed by atoms with van der Waals surface area (Å²) in [7, 11) is 0. The van der Waals surface area contributed by atoms with E-state index in [0.29, 0.717) is 28.9 Å². The largest absolute Gasteiger partial charge is 0.504 e. The SMILES string of the molecule is CCOc1cc(/C=C2\C(=O)N(CC)c3ccccc32)c(Br)cc1O. The molecule has 2 aromatic carbocycles. The number of halogens is 1. The van der Waals surface area contributed by atoms with Crippen molar-refractivity contribution in [2.75, 3.05) is 18.1 Å². The summed E-state index contributed by atoms with van der Waals surface area (Å²) in [5, 5.41) is 9.95. The zero-order valence-corrected chi connectivity index (χ0v) is 15.1. The van der Waals surface area contributed by atoms with Gasteiger partial charge in [-0.15, -0.1) is 0 Å². The molecular formula is C19H18BrNO3. The van der Waals surface area contributed by atoms with Crippen molar-refractivity contribution in [2.45, 2.75) is 13.8 Å². The van der Waals surface area contributed by atoms with Gasteiger partial charge in [0, 0.05) is 22.2 Å². The number of carbonyl (C=O) groups excluding carboxylic acids is 1. The first-order valence-corrected chi connectivity index (χ1v) is 8.64. The molecule has 2 aromatic rings. The smallest absolute Gasteiger partial charge is 0.258 e. The van der Waals surface area contributed by atoms with Crippen LogP contribution in [0.3, 0.4) is 0 Å². The number of likely N-dealkylation sites (N-methyl/N-ethyl adjacent to an activating group) is 1. The van der Waals surface area contributed by atoms with Crippen LogP contribution in [0.5, 0.6) is 11.5 Å². The fraction of sp³-hybridized carbons (Fsp3) is 0.211. The number of phenolic OH excluding ortho intramolecular Hbond substituents is 1. The van der Waals surface area contributed by atoms with E-state index in [2.05, 4.69) is 15.9 Å². The molecule has 0 fully saturated rings. The highest BCUT2D eigenvalue weighted by atomic mass is 79.9. The lowest BCUT2D eigenvalue weighted by molar-refractivity contribution is -0.112. The molecule has 1 aliphatic heterocycles. The maximum atomic E-state index is 12.7. The summed E-state index contributed by atoms with van der Waals surface area (Å²) in [5.41, 5.74) is 3.27. The summed E-state index contributed by atoms with van der Waals surface area (Å²) in [6, 6.07) is 11.1. The second-order valence-corrected chi connectivity index (χ2v) is 6.25. The van der Waals surface area contributed by atoms with E-state index in [9.17, 15) is 9.90 Å². The van der Waals surface area contributed by atoms with Crippen LogP contribution in [-0.4, -0.2) is 24.2 Å². The lowest BCUT2D eigenvalue weighted by atomic mass is 10.0. The number of hydrogen-bond donors (Lipinski definition) is 1. The summed E-state index contributed by atoms with van der Waals surface area (Å²) in [6.45, 7) is 4.89. The molecule has 0 atom stereocenters. The lowest BCUT2D eigenvalue weighted by Gasteiger charge is -2.13. The Morgan fingerprint density at radius 3 is 2.71 bits per heavy atom. The zero-order valence-electron chi connectivity index (χ0n) is 13.5. The normalized spacial score (nSPS) is 15.0. The van der Waals surface area contributed by atoms with Gasteiger partial charge in [0.25, 0.3) is 5.91 Å². The van der Waals surface area contributed by atoms with Crippen molar-refractivity contribution in [2.24, 2.45) is 0 Å². The van der Waals surface area contributed by atoms with Gasteiger partial charge in [0.2, 0.25) is 0 Å². The Balaban J connectivity index is 2.12. The molecule has 0 unspecified atom stereocenters. The Kier molecular flexibility index (Phi) is 4.62. The second kappa shape index (κ2) is 6.69. The number of benzene rings is 2. The number of amides is 1. The van der Waals surface area contributed by atoms with Crippen LogP contribution >= 0.6 is 15.9 Å². The van der Waals surface area contributed by atoms with Crippen molar-refractivity contribution in [3.05, 3.63) is 52.0 Å². The van der Waals surface area contributed by atoms with Crippen molar-refractivity contribution < 1.29 is 14.6 Å².